The highest BCUT2D eigenvalue weighted by atomic mass is 35.5. The van der Waals surface area contributed by atoms with Crippen molar-refractivity contribution < 1.29 is 5.11 Å². The molecule has 2 aromatic rings. The Balaban J connectivity index is 1.64. The molecule has 1 aliphatic rings. The molecule has 1 aliphatic carbocycles. The fourth-order valence-electron chi connectivity index (χ4n) is 4.32. The number of halogens is 1. The lowest BCUT2D eigenvalue weighted by atomic mass is 9.84. The van der Waals surface area contributed by atoms with Crippen LogP contribution < -0.4 is 0 Å². The van der Waals surface area contributed by atoms with Crippen molar-refractivity contribution in [2.75, 3.05) is 0 Å². The van der Waals surface area contributed by atoms with E-state index in [0.717, 1.165) is 32.1 Å². The maximum absolute atomic E-state index is 10.5. The van der Waals surface area contributed by atoms with Crippen LogP contribution in [0.15, 0.2) is 48.5 Å². The van der Waals surface area contributed by atoms with Gasteiger partial charge in [-0.3, -0.25) is 0 Å². The first-order valence-electron chi connectivity index (χ1n) is 9.47. The van der Waals surface area contributed by atoms with E-state index in [9.17, 15) is 5.11 Å². The Kier molecular flexibility index (Phi) is 6.19. The molecule has 4 atom stereocenters. The van der Waals surface area contributed by atoms with Crippen LogP contribution in [0, 0.1) is 25.7 Å². The first kappa shape index (κ1) is 18.5. The molecular weight excluding hydrogens is 328 g/mol. The van der Waals surface area contributed by atoms with Crippen LogP contribution in [0.2, 0.25) is 0 Å². The molecule has 0 radical (unpaired) electrons. The number of alkyl halides is 1. The predicted molar refractivity (Wildman–Crippen MR) is 106 cm³/mol. The van der Waals surface area contributed by atoms with Crippen LogP contribution in [0.3, 0.4) is 0 Å². The molecule has 1 saturated carbocycles. The van der Waals surface area contributed by atoms with Crippen LogP contribution in [0.25, 0.3) is 0 Å². The van der Waals surface area contributed by atoms with E-state index in [1.165, 1.54) is 22.3 Å². The van der Waals surface area contributed by atoms with Crippen molar-refractivity contribution in [2.45, 2.75) is 57.4 Å². The lowest BCUT2D eigenvalue weighted by molar-refractivity contribution is 0.110. The molecule has 0 heterocycles. The first-order valence-corrected chi connectivity index (χ1v) is 9.91. The number of aliphatic hydroxyl groups excluding tert-OH is 1. The predicted octanol–water partition coefficient (Wildman–Crippen LogP) is 5.47. The highest BCUT2D eigenvalue weighted by Crippen LogP contribution is 2.41. The van der Waals surface area contributed by atoms with Gasteiger partial charge in [-0.25, -0.2) is 0 Å². The molecule has 3 rings (SSSR count). The summed E-state index contributed by atoms with van der Waals surface area (Å²) in [5.41, 5.74) is 5.52. The van der Waals surface area contributed by atoms with Crippen molar-refractivity contribution in [1.82, 2.24) is 0 Å². The molecule has 0 amide bonds. The standard InChI is InChI=1S/C23H29ClO/c1-16-7-6-10-19(17(16)2)12-14-20-21(23(25)15-22(20)24)13-11-18-8-4-3-5-9-18/h3-10,20-23,25H,11-15H2,1-2H3/t20-,21-,22?,23?/m1/s1. The van der Waals surface area contributed by atoms with Crippen molar-refractivity contribution in [3.05, 3.63) is 70.8 Å². The van der Waals surface area contributed by atoms with Crippen molar-refractivity contribution in [1.29, 1.82) is 0 Å². The third-order valence-corrected chi connectivity index (χ3v) is 6.55. The summed E-state index contributed by atoms with van der Waals surface area (Å²) in [4.78, 5) is 0. The Morgan fingerprint density at radius 1 is 0.920 bits per heavy atom. The zero-order chi connectivity index (χ0) is 17.8. The maximum atomic E-state index is 10.5. The molecule has 2 unspecified atom stereocenters. The van der Waals surface area contributed by atoms with Crippen LogP contribution in [0.4, 0.5) is 0 Å². The van der Waals surface area contributed by atoms with E-state index in [4.69, 9.17) is 11.6 Å². The maximum Gasteiger partial charge on any atom is 0.0585 e. The molecule has 0 spiro atoms. The summed E-state index contributed by atoms with van der Waals surface area (Å²) in [6.45, 7) is 4.38. The van der Waals surface area contributed by atoms with Gasteiger partial charge in [0, 0.05) is 5.38 Å². The molecule has 1 nitrogen and oxygen atoms in total. The van der Waals surface area contributed by atoms with Crippen LogP contribution in [-0.2, 0) is 12.8 Å². The average molecular weight is 357 g/mol. The van der Waals surface area contributed by atoms with Crippen molar-refractivity contribution in [3.8, 4) is 0 Å². The summed E-state index contributed by atoms with van der Waals surface area (Å²) < 4.78 is 0. The van der Waals surface area contributed by atoms with Gasteiger partial charge in [0.15, 0.2) is 0 Å². The Labute approximate surface area is 157 Å². The summed E-state index contributed by atoms with van der Waals surface area (Å²) >= 11 is 6.63. The fourth-order valence-corrected chi connectivity index (χ4v) is 4.81. The summed E-state index contributed by atoms with van der Waals surface area (Å²) in [5, 5.41) is 10.6. The third kappa shape index (κ3) is 4.46. The number of aliphatic hydroxyl groups is 1. The molecular formula is C23H29ClO. The molecule has 1 fully saturated rings. The van der Waals surface area contributed by atoms with E-state index in [1.54, 1.807) is 0 Å². The van der Waals surface area contributed by atoms with Crippen LogP contribution >= 0.6 is 11.6 Å². The molecule has 0 aromatic heterocycles. The molecule has 25 heavy (non-hydrogen) atoms. The lowest BCUT2D eigenvalue weighted by Crippen LogP contribution is -2.22. The van der Waals surface area contributed by atoms with E-state index in [2.05, 4.69) is 62.4 Å². The molecule has 1 N–H and O–H groups in total. The largest absolute Gasteiger partial charge is 0.393 e. The quantitative estimate of drug-likeness (QED) is 0.680. The van der Waals surface area contributed by atoms with Gasteiger partial charge >= 0.3 is 0 Å². The van der Waals surface area contributed by atoms with Gasteiger partial charge in [0.05, 0.1) is 6.10 Å². The van der Waals surface area contributed by atoms with Crippen LogP contribution in [0.1, 0.15) is 41.5 Å². The van der Waals surface area contributed by atoms with Gasteiger partial charge in [0.25, 0.3) is 0 Å². The first-order chi connectivity index (χ1) is 12.1. The monoisotopic (exact) mass is 356 g/mol. The molecule has 0 aliphatic heterocycles. The van der Waals surface area contributed by atoms with Crippen molar-refractivity contribution in [2.24, 2.45) is 11.8 Å². The van der Waals surface area contributed by atoms with Crippen molar-refractivity contribution >= 4 is 11.6 Å². The minimum Gasteiger partial charge on any atom is -0.393 e. The normalized spacial score (nSPS) is 26.1. The highest BCUT2D eigenvalue weighted by Gasteiger charge is 2.40. The second kappa shape index (κ2) is 8.38. The Hall–Kier alpha value is -1.31. The number of aryl methyl sites for hydroxylation is 3. The van der Waals surface area contributed by atoms with Gasteiger partial charge in [-0.2, -0.15) is 0 Å². The van der Waals surface area contributed by atoms with E-state index in [1.807, 2.05) is 0 Å². The van der Waals surface area contributed by atoms with E-state index in [0.29, 0.717) is 11.8 Å². The second-order valence-electron chi connectivity index (χ2n) is 7.57. The van der Waals surface area contributed by atoms with Gasteiger partial charge in [-0.05, 0) is 80.0 Å². The smallest absolute Gasteiger partial charge is 0.0585 e. The summed E-state index contributed by atoms with van der Waals surface area (Å²) in [5.74, 6) is 0.716. The second-order valence-corrected chi connectivity index (χ2v) is 8.13. The summed E-state index contributed by atoms with van der Waals surface area (Å²) in [7, 11) is 0. The third-order valence-electron chi connectivity index (χ3n) is 6.05. The fraction of sp³-hybridized carbons (Fsp3) is 0.478. The Morgan fingerprint density at radius 3 is 2.40 bits per heavy atom. The Morgan fingerprint density at radius 2 is 1.64 bits per heavy atom. The minimum atomic E-state index is -0.255. The number of hydrogen-bond donors (Lipinski definition) is 1. The summed E-state index contributed by atoms with van der Waals surface area (Å²) in [6, 6.07) is 17.1. The number of benzene rings is 2. The highest BCUT2D eigenvalue weighted by molar-refractivity contribution is 6.21. The van der Waals surface area contributed by atoms with E-state index < -0.39 is 0 Å². The van der Waals surface area contributed by atoms with Gasteiger partial charge < -0.3 is 5.11 Å². The zero-order valence-electron chi connectivity index (χ0n) is 15.3. The number of hydrogen-bond acceptors (Lipinski definition) is 1. The van der Waals surface area contributed by atoms with Crippen molar-refractivity contribution in [3.63, 3.8) is 0 Å². The average Bonchev–Trinajstić information content (AvgIpc) is 2.88. The lowest BCUT2D eigenvalue weighted by Gasteiger charge is -2.24. The van der Waals surface area contributed by atoms with Gasteiger partial charge in [-0.1, -0.05) is 48.5 Å². The molecule has 2 aromatic carbocycles. The molecule has 0 saturated heterocycles. The van der Waals surface area contributed by atoms with Gasteiger partial charge in [-0.15, -0.1) is 11.6 Å². The Bertz CT molecular complexity index is 682. The zero-order valence-corrected chi connectivity index (χ0v) is 16.0. The number of rotatable bonds is 6. The van der Waals surface area contributed by atoms with Gasteiger partial charge in [0.2, 0.25) is 0 Å². The van der Waals surface area contributed by atoms with Crippen LogP contribution in [0.5, 0.6) is 0 Å². The van der Waals surface area contributed by atoms with Crippen LogP contribution in [-0.4, -0.2) is 16.6 Å². The van der Waals surface area contributed by atoms with Gasteiger partial charge in [0.1, 0.15) is 0 Å². The summed E-state index contributed by atoms with van der Waals surface area (Å²) in [6.07, 6.45) is 4.64. The molecule has 2 heteroatoms. The minimum absolute atomic E-state index is 0.0980. The molecule has 0 bridgehead atoms. The molecule has 134 valence electrons. The van der Waals surface area contributed by atoms with E-state index in [-0.39, 0.29) is 11.5 Å². The SMILES string of the molecule is Cc1cccc(CC[C@H]2C(Cl)CC(O)[C@@H]2CCc2ccccc2)c1C. The topological polar surface area (TPSA) is 20.2 Å². The van der Waals surface area contributed by atoms with E-state index >= 15 is 0 Å².